The Morgan fingerprint density at radius 3 is 2.71 bits per heavy atom. The van der Waals surface area contributed by atoms with Gasteiger partial charge in [0.25, 0.3) is 11.8 Å². The van der Waals surface area contributed by atoms with Crippen LogP contribution in [-0.4, -0.2) is 34.2 Å². The van der Waals surface area contributed by atoms with Crippen LogP contribution in [-0.2, 0) is 9.53 Å². The third-order valence-electron chi connectivity index (χ3n) is 4.08. The van der Waals surface area contributed by atoms with Crippen LogP contribution in [0.25, 0.3) is 17.1 Å². The summed E-state index contributed by atoms with van der Waals surface area (Å²) in [6.07, 6.45) is 1.50. The molecule has 0 spiro atoms. The number of imide groups is 1. The first-order valence-electron chi connectivity index (χ1n) is 8.96. The Balaban J connectivity index is 1.50. The second kappa shape index (κ2) is 8.99. The van der Waals surface area contributed by atoms with Gasteiger partial charge in [-0.1, -0.05) is 23.7 Å². The van der Waals surface area contributed by atoms with Crippen molar-refractivity contribution in [2.24, 2.45) is 0 Å². The molecular formula is C21H14ClN3O5S. The molecule has 4 aromatic rings. The Morgan fingerprint density at radius 1 is 1.13 bits per heavy atom. The Morgan fingerprint density at radius 2 is 2.00 bits per heavy atom. The van der Waals surface area contributed by atoms with Gasteiger partial charge in [-0.05, 0) is 41.8 Å². The summed E-state index contributed by atoms with van der Waals surface area (Å²) in [4.78, 5) is 36.7. The van der Waals surface area contributed by atoms with E-state index in [4.69, 9.17) is 20.8 Å². The van der Waals surface area contributed by atoms with Gasteiger partial charge < -0.3 is 9.15 Å². The molecule has 0 atom stereocenters. The molecule has 1 aromatic carbocycles. The van der Waals surface area contributed by atoms with E-state index < -0.39 is 24.4 Å². The van der Waals surface area contributed by atoms with Crippen molar-refractivity contribution in [3.05, 3.63) is 81.8 Å². The van der Waals surface area contributed by atoms with Gasteiger partial charge in [0.1, 0.15) is 5.69 Å². The van der Waals surface area contributed by atoms with E-state index in [0.29, 0.717) is 27.0 Å². The topological polar surface area (TPSA) is 103 Å². The number of carbonyl (C=O) groups is 3. The molecule has 156 valence electrons. The maximum Gasteiger partial charge on any atom is 0.359 e. The molecule has 0 saturated heterocycles. The number of esters is 1. The Hall–Kier alpha value is -3.69. The van der Waals surface area contributed by atoms with Crippen molar-refractivity contribution < 1.29 is 23.5 Å². The molecule has 4 rings (SSSR count). The summed E-state index contributed by atoms with van der Waals surface area (Å²) in [7, 11) is 0. The minimum atomic E-state index is -0.827. The number of aromatic nitrogens is 2. The molecule has 3 heterocycles. The molecule has 8 nitrogen and oxygen atoms in total. The van der Waals surface area contributed by atoms with Crippen LogP contribution in [0.3, 0.4) is 0 Å². The second-order valence-corrected chi connectivity index (χ2v) is 7.60. The number of rotatable bonds is 6. The van der Waals surface area contributed by atoms with E-state index in [0.717, 1.165) is 0 Å². The largest absolute Gasteiger partial charge is 0.463 e. The number of hydrogen-bond donors (Lipinski definition) is 1. The minimum absolute atomic E-state index is 0.0382. The van der Waals surface area contributed by atoms with E-state index in [1.807, 2.05) is 0 Å². The van der Waals surface area contributed by atoms with E-state index in [2.05, 4.69) is 10.4 Å². The maximum atomic E-state index is 12.5. The number of furan rings is 1. The fourth-order valence-corrected chi connectivity index (χ4v) is 3.53. The number of amides is 2. The zero-order valence-electron chi connectivity index (χ0n) is 15.8. The fourth-order valence-electron chi connectivity index (χ4n) is 2.72. The summed E-state index contributed by atoms with van der Waals surface area (Å²) in [5.41, 5.74) is 1.07. The van der Waals surface area contributed by atoms with Crippen LogP contribution in [0, 0.1) is 0 Å². The number of carbonyl (C=O) groups excluding carboxylic acids is 3. The van der Waals surface area contributed by atoms with Crippen LogP contribution < -0.4 is 5.32 Å². The molecule has 0 radical (unpaired) electrons. The number of benzene rings is 1. The SMILES string of the molecule is O=C(COC(=O)c1cc(-c2ccco2)n(-c2cccc(Cl)c2)n1)NC(=O)c1cccs1. The van der Waals surface area contributed by atoms with Gasteiger partial charge in [0, 0.05) is 11.1 Å². The van der Waals surface area contributed by atoms with Crippen LogP contribution in [0.5, 0.6) is 0 Å². The van der Waals surface area contributed by atoms with E-state index in [1.165, 1.54) is 28.3 Å². The molecule has 0 aliphatic carbocycles. The first-order chi connectivity index (χ1) is 15.0. The third kappa shape index (κ3) is 4.73. The van der Waals surface area contributed by atoms with Gasteiger partial charge in [-0.2, -0.15) is 5.10 Å². The first-order valence-corrected chi connectivity index (χ1v) is 10.2. The Labute approximate surface area is 185 Å². The van der Waals surface area contributed by atoms with Gasteiger partial charge in [0.2, 0.25) is 0 Å². The lowest BCUT2D eigenvalue weighted by molar-refractivity contribution is -0.123. The molecule has 0 bridgehead atoms. The fraction of sp³-hybridized carbons (Fsp3) is 0.0476. The van der Waals surface area contributed by atoms with Gasteiger partial charge in [-0.25, -0.2) is 9.48 Å². The average Bonchev–Trinajstić information content (AvgIpc) is 3.53. The normalized spacial score (nSPS) is 10.6. The van der Waals surface area contributed by atoms with Crippen LogP contribution in [0.2, 0.25) is 5.02 Å². The highest BCUT2D eigenvalue weighted by atomic mass is 35.5. The highest BCUT2D eigenvalue weighted by molar-refractivity contribution is 7.12. The van der Waals surface area contributed by atoms with Gasteiger partial charge >= 0.3 is 5.97 Å². The van der Waals surface area contributed by atoms with Crippen LogP contribution in [0.15, 0.2) is 70.7 Å². The monoisotopic (exact) mass is 455 g/mol. The third-order valence-corrected chi connectivity index (χ3v) is 5.18. The van der Waals surface area contributed by atoms with Crippen molar-refractivity contribution in [1.29, 1.82) is 0 Å². The summed E-state index contributed by atoms with van der Waals surface area (Å²) in [6, 6.07) is 15.1. The molecule has 0 unspecified atom stereocenters. The highest BCUT2D eigenvalue weighted by Gasteiger charge is 2.21. The lowest BCUT2D eigenvalue weighted by Crippen LogP contribution is -2.33. The smallest absolute Gasteiger partial charge is 0.359 e. The van der Waals surface area contributed by atoms with Crippen LogP contribution >= 0.6 is 22.9 Å². The molecule has 0 saturated carbocycles. The minimum Gasteiger partial charge on any atom is -0.463 e. The van der Waals surface area contributed by atoms with E-state index in [9.17, 15) is 14.4 Å². The lowest BCUT2D eigenvalue weighted by atomic mass is 10.2. The van der Waals surface area contributed by atoms with Crippen molar-refractivity contribution in [2.75, 3.05) is 6.61 Å². The van der Waals surface area contributed by atoms with E-state index in [1.54, 1.807) is 53.9 Å². The number of thiophene rings is 1. The molecule has 31 heavy (non-hydrogen) atoms. The number of nitrogens with one attached hydrogen (secondary N) is 1. The Bertz CT molecular complexity index is 1230. The average molecular weight is 456 g/mol. The molecule has 1 N–H and O–H groups in total. The van der Waals surface area contributed by atoms with Crippen molar-refractivity contribution in [1.82, 2.24) is 15.1 Å². The van der Waals surface area contributed by atoms with Gasteiger partial charge in [0.05, 0.1) is 16.8 Å². The predicted octanol–water partition coefficient (Wildman–Crippen LogP) is 3.96. The van der Waals surface area contributed by atoms with Crippen LogP contribution in [0.1, 0.15) is 20.2 Å². The number of nitrogens with zero attached hydrogens (tertiary/aromatic N) is 2. The highest BCUT2D eigenvalue weighted by Crippen LogP contribution is 2.26. The van der Waals surface area contributed by atoms with Crippen LogP contribution in [0.4, 0.5) is 0 Å². The van der Waals surface area contributed by atoms with Gasteiger partial charge in [-0.3, -0.25) is 14.9 Å². The van der Waals surface area contributed by atoms with Crippen molar-refractivity contribution in [2.45, 2.75) is 0 Å². The number of halogens is 1. The van der Waals surface area contributed by atoms with Crippen molar-refractivity contribution in [3.8, 4) is 17.1 Å². The Kier molecular flexibility index (Phi) is 5.96. The zero-order valence-corrected chi connectivity index (χ0v) is 17.4. The van der Waals surface area contributed by atoms with Crippen molar-refractivity contribution >= 4 is 40.7 Å². The molecule has 0 aliphatic heterocycles. The molecule has 0 aliphatic rings. The second-order valence-electron chi connectivity index (χ2n) is 6.21. The van der Waals surface area contributed by atoms with E-state index in [-0.39, 0.29) is 5.69 Å². The summed E-state index contributed by atoms with van der Waals surface area (Å²) in [5.74, 6) is -1.65. The summed E-state index contributed by atoms with van der Waals surface area (Å²) in [5, 5.41) is 8.65. The van der Waals surface area contributed by atoms with E-state index >= 15 is 0 Å². The molecule has 10 heteroatoms. The molecule has 2 amide bonds. The number of ether oxygens (including phenoxy) is 1. The molecular weight excluding hydrogens is 442 g/mol. The lowest BCUT2D eigenvalue weighted by Gasteiger charge is -2.06. The molecule has 0 fully saturated rings. The predicted molar refractivity (Wildman–Crippen MR) is 113 cm³/mol. The molecule has 3 aromatic heterocycles. The summed E-state index contributed by atoms with van der Waals surface area (Å²) in [6.45, 7) is -0.629. The standard InChI is InChI=1S/C21H14ClN3O5S/c22-13-4-1-5-14(10-13)25-16(17-6-2-8-29-17)11-15(24-25)21(28)30-12-19(26)23-20(27)18-7-3-9-31-18/h1-11H,12H2,(H,23,26,27). The maximum absolute atomic E-state index is 12.5. The summed E-state index contributed by atoms with van der Waals surface area (Å²) < 4.78 is 11.9. The summed E-state index contributed by atoms with van der Waals surface area (Å²) >= 11 is 7.27. The first kappa shape index (κ1) is 20.6. The quantitative estimate of drug-likeness (QED) is 0.441. The van der Waals surface area contributed by atoms with Crippen molar-refractivity contribution in [3.63, 3.8) is 0 Å². The number of hydrogen-bond acceptors (Lipinski definition) is 7. The van der Waals surface area contributed by atoms with Gasteiger partial charge in [-0.15, -0.1) is 11.3 Å². The van der Waals surface area contributed by atoms with Gasteiger partial charge in [0.15, 0.2) is 18.1 Å². The zero-order chi connectivity index (χ0) is 21.8.